The van der Waals surface area contributed by atoms with E-state index in [4.69, 9.17) is 23.2 Å². The molecule has 0 aromatic heterocycles. The van der Waals surface area contributed by atoms with Crippen LogP contribution in [-0.4, -0.2) is 17.6 Å². The molecule has 0 spiro atoms. The van der Waals surface area contributed by atoms with Crippen LogP contribution in [0.25, 0.3) is 0 Å². The molecule has 1 aromatic carbocycles. The van der Waals surface area contributed by atoms with Crippen molar-refractivity contribution in [1.29, 1.82) is 0 Å². The number of amides is 1. The van der Waals surface area contributed by atoms with Gasteiger partial charge in [-0.25, -0.2) is 0 Å². The summed E-state index contributed by atoms with van der Waals surface area (Å²) < 4.78 is 0. The highest BCUT2D eigenvalue weighted by atomic mass is 35.5. The van der Waals surface area contributed by atoms with Crippen LogP contribution in [0.1, 0.15) is 25.0 Å². The Labute approximate surface area is 116 Å². The van der Waals surface area contributed by atoms with E-state index in [9.17, 15) is 9.90 Å². The zero-order chi connectivity index (χ0) is 13.3. The summed E-state index contributed by atoms with van der Waals surface area (Å²) in [5.74, 6) is 0.581. The molecule has 3 nitrogen and oxygen atoms in total. The van der Waals surface area contributed by atoms with Crippen LogP contribution in [0.5, 0.6) is 0 Å². The lowest BCUT2D eigenvalue weighted by Crippen LogP contribution is -2.30. The Morgan fingerprint density at radius 2 is 2.00 bits per heavy atom. The second-order valence-electron chi connectivity index (χ2n) is 4.78. The van der Waals surface area contributed by atoms with E-state index < -0.39 is 6.10 Å². The highest BCUT2D eigenvalue weighted by molar-refractivity contribution is 6.34. The molecule has 0 radical (unpaired) electrons. The number of benzene rings is 1. The third kappa shape index (κ3) is 3.37. The summed E-state index contributed by atoms with van der Waals surface area (Å²) in [6.45, 7) is 2.22. The fraction of sp³-hybridized carbons (Fsp3) is 0.462. The maximum absolute atomic E-state index is 11.6. The first-order valence-electron chi connectivity index (χ1n) is 5.89. The zero-order valence-corrected chi connectivity index (χ0v) is 11.5. The van der Waals surface area contributed by atoms with Crippen molar-refractivity contribution in [2.75, 3.05) is 6.54 Å². The molecule has 1 amide bonds. The van der Waals surface area contributed by atoms with Crippen LogP contribution in [0.3, 0.4) is 0 Å². The lowest BCUT2D eigenvalue weighted by atomic mass is 10.1. The van der Waals surface area contributed by atoms with Gasteiger partial charge < -0.3 is 10.4 Å². The molecule has 1 saturated carbocycles. The monoisotopic (exact) mass is 287 g/mol. The Hall–Kier alpha value is -0.770. The Morgan fingerprint density at radius 3 is 2.50 bits per heavy atom. The fourth-order valence-electron chi connectivity index (χ4n) is 1.90. The predicted octanol–water partition coefficient (Wildman–Crippen LogP) is 2.80. The van der Waals surface area contributed by atoms with Gasteiger partial charge in [-0.05, 0) is 36.1 Å². The van der Waals surface area contributed by atoms with Gasteiger partial charge in [-0.1, -0.05) is 30.1 Å². The number of rotatable bonds is 4. The van der Waals surface area contributed by atoms with Gasteiger partial charge in [-0.2, -0.15) is 0 Å². The third-order valence-corrected chi connectivity index (χ3v) is 3.62. The van der Waals surface area contributed by atoms with E-state index in [0.29, 0.717) is 21.5 Å². The normalized spacial score (nSPS) is 23.6. The van der Waals surface area contributed by atoms with Gasteiger partial charge in [-0.3, -0.25) is 4.79 Å². The number of aliphatic hydroxyl groups excluding tert-OH is 1. The lowest BCUT2D eigenvalue weighted by molar-refractivity contribution is -0.123. The number of aliphatic hydroxyl groups is 1. The van der Waals surface area contributed by atoms with E-state index in [1.165, 1.54) is 0 Å². The van der Waals surface area contributed by atoms with Crippen molar-refractivity contribution >= 4 is 29.1 Å². The molecule has 1 aliphatic carbocycles. The molecule has 2 N–H and O–H groups in total. The molecular weight excluding hydrogens is 273 g/mol. The topological polar surface area (TPSA) is 49.3 Å². The summed E-state index contributed by atoms with van der Waals surface area (Å²) in [6.07, 6.45) is 0.143. The second-order valence-corrected chi connectivity index (χ2v) is 5.66. The molecule has 0 bridgehead atoms. The van der Waals surface area contributed by atoms with E-state index in [1.807, 2.05) is 6.92 Å². The van der Waals surface area contributed by atoms with Crippen molar-refractivity contribution in [3.63, 3.8) is 0 Å². The van der Waals surface area contributed by atoms with Crippen molar-refractivity contribution in [1.82, 2.24) is 5.32 Å². The summed E-state index contributed by atoms with van der Waals surface area (Å²) in [6, 6.07) is 4.89. The predicted molar refractivity (Wildman–Crippen MR) is 71.7 cm³/mol. The highest BCUT2D eigenvalue weighted by Gasteiger charge is 2.38. The van der Waals surface area contributed by atoms with Crippen molar-refractivity contribution < 1.29 is 9.90 Å². The van der Waals surface area contributed by atoms with Crippen LogP contribution in [0.15, 0.2) is 18.2 Å². The maximum Gasteiger partial charge on any atom is 0.223 e. The summed E-state index contributed by atoms with van der Waals surface area (Å²) in [4.78, 5) is 11.6. The van der Waals surface area contributed by atoms with Crippen molar-refractivity contribution in [3.8, 4) is 0 Å². The standard InChI is InChI=1S/C13H15Cl2NO2/c1-7-2-11(7)13(18)16-6-12(17)8-3-9(14)5-10(15)4-8/h3-5,7,11-12,17H,2,6H2,1H3,(H,16,18). The summed E-state index contributed by atoms with van der Waals surface area (Å²) >= 11 is 11.7. The Bertz CT molecular complexity index is 444. The fourth-order valence-corrected chi connectivity index (χ4v) is 2.44. The largest absolute Gasteiger partial charge is 0.387 e. The number of carbonyl (C=O) groups excluding carboxylic acids is 1. The van der Waals surface area contributed by atoms with Crippen LogP contribution in [-0.2, 0) is 4.79 Å². The van der Waals surface area contributed by atoms with Crippen LogP contribution in [0.2, 0.25) is 10.0 Å². The first-order valence-corrected chi connectivity index (χ1v) is 6.64. The van der Waals surface area contributed by atoms with Gasteiger partial charge in [-0.15, -0.1) is 0 Å². The lowest BCUT2D eigenvalue weighted by Gasteiger charge is -2.13. The van der Waals surface area contributed by atoms with Crippen LogP contribution >= 0.6 is 23.2 Å². The van der Waals surface area contributed by atoms with E-state index in [-0.39, 0.29) is 18.4 Å². The van der Waals surface area contributed by atoms with Crippen LogP contribution in [0.4, 0.5) is 0 Å². The Balaban J connectivity index is 1.91. The molecule has 1 aliphatic rings. The summed E-state index contributed by atoms with van der Waals surface area (Å²) in [7, 11) is 0. The zero-order valence-electron chi connectivity index (χ0n) is 9.99. The van der Waals surface area contributed by atoms with Crippen molar-refractivity contribution in [2.24, 2.45) is 11.8 Å². The quantitative estimate of drug-likeness (QED) is 0.895. The molecule has 1 aromatic rings. The average Bonchev–Trinajstić information content (AvgIpc) is 3.01. The second kappa shape index (κ2) is 5.47. The molecule has 18 heavy (non-hydrogen) atoms. The van der Waals surface area contributed by atoms with E-state index in [2.05, 4.69) is 5.32 Å². The number of hydrogen-bond acceptors (Lipinski definition) is 2. The molecule has 0 heterocycles. The SMILES string of the molecule is CC1CC1C(=O)NCC(O)c1cc(Cl)cc(Cl)c1. The smallest absolute Gasteiger partial charge is 0.223 e. The summed E-state index contributed by atoms with van der Waals surface area (Å²) in [5.41, 5.74) is 0.608. The van der Waals surface area contributed by atoms with Gasteiger partial charge >= 0.3 is 0 Å². The first kappa shape index (κ1) is 13.7. The molecule has 0 aliphatic heterocycles. The third-order valence-electron chi connectivity index (χ3n) is 3.19. The van der Waals surface area contributed by atoms with Crippen molar-refractivity contribution in [2.45, 2.75) is 19.4 Å². The van der Waals surface area contributed by atoms with E-state index in [0.717, 1.165) is 6.42 Å². The van der Waals surface area contributed by atoms with Gasteiger partial charge in [0.2, 0.25) is 5.91 Å². The number of hydrogen-bond donors (Lipinski definition) is 2. The van der Waals surface area contributed by atoms with Crippen LogP contribution < -0.4 is 5.32 Å². The molecule has 2 rings (SSSR count). The first-order chi connectivity index (χ1) is 8.47. The summed E-state index contributed by atoms with van der Waals surface area (Å²) in [5, 5.41) is 13.6. The Morgan fingerprint density at radius 1 is 1.44 bits per heavy atom. The van der Waals surface area contributed by atoms with Gasteiger partial charge in [0.25, 0.3) is 0 Å². The van der Waals surface area contributed by atoms with Gasteiger partial charge in [0.15, 0.2) is 0 Å². The maximum atomic E-state index is 11.6. The molecule has 1 fully saturated rings. The minimum Gasteiger partial charge on any atom is -0.387 e. The minimum absolute atomic E-state index is 0.00896. The van der Waals surface area contributed by atoms with Gasteiger partial charge in [0.1, 0.15) is 0 Å². The number of halogens is 2. The molecule has 5 heteroatoms. The van der Waals surface area contributed by atoms with Gasteiger partial charge in [0, 0.05) is 22.5 Å². The molecule has 3 atom stereocenters. The molecule has 3 unspecified atom stereocenters. The van der Waals surface area contributed by atoms with Gasteiger partial charge in [0.05, 0.1) is 6.10 Å². The Kier molecular flexibility index (Phi) is 4.15. The van der Waals surface area contributed by atoms with Crippen LogP contribution in [0, 0.1) is 11.8 Å². The number of nitrogens with one attached hydrogen (secondary N) is 1. The minimum atomic E-state index is -0.792. The van der Waals surface area contributed by atoms with Crippen molar-refractivity contribution in [3.05, 3.63) is 33.8 Å². The molecule has 98 valence electrons. The van der Waals surface area contributed by atoms with E-state index in [1.54, 1.807) is 18.2 Å². The molecule has 0 saturated heterocycles. The molecular formula is C13H15Cl2NO2. The average molecular weight is 288 g/mol. The highest BCUT2D eigenvalue weighted by Crippen LogP contribution is 2.37. The number of carbonyl (C=O) groups is 1. The van der Waals surface area contributed by atoms with E-state index >= 15 is 0 Å².